The number of esters is 1. The third kappa shape index (κ3) is 3.30. The van der Waals surface area contributed by atoms with Crippen molar-refractivity contribution in [3.63, 3.8) is 0 Å². The summed E-state index contributed by atoms with van der Waals surface area (Å²) in [6, 6.07) is 0. The standard InChI is InChI=1S/C14H20N2O2S2/c1-3-4-8-15-14(19)16-12-11(13(17)18-2)9-6-5-7-10(9)20-12/h3-8H2,1-2H3,(H2,15,16,19). The van der Waals surface area contributed by atoms with Crippen LogP contribution in [0, 0.1) is 0 Å². The lowest BCUT2D eigenvalue weighted by Gasteiger charge is -2.10. The summed E-state index contributed by atoms with van der Waals surface area (Å²) < 4.78 is 4.90. The molecule has 0 aromatic carbocycles. The molecule has 0 bridgehead atoms. The van der Waals surface area contributed by atoms with Crippen LogP contribution in [-0.2, 0) is 17.6 Å². The van der Waals surface area contributed by atoms with Gasteiger partial charge in [-0.05, 0) is 43.5 Å². The third-order valence-electron chi connectivity index (χ3n) is 3.35. The highest BCUT2D eigenvalue weighted by atomic mass is 32.1. The summed E-state index contributed by atoms with van der Waals surface area (Å²) in [6.45, 7) is 2.98. The van der Waals surface area contributed by atoms with Crippen LogP contribution in [0.3, 0.4) is 0 Å². The average molecular weight is 312 g/mol. The quantitative estimate of drug-likeness (QED) is 0.497. The number of nitrogens with one attached hydrogen (secondary N) is 2. The number of fused-ring (bicyclic) bond motifs is 1. The van der Waals surface area contributed by atoms with Crippen molar-refractivity contribution in [3.8, 4) is 0 Å². The zero-order chi connectivity index (χ0) is 14.5. The molecule has 4 nitrogen and oxygen atoms in total. The Hall–Kier alpha value is -1.14. The van der Waals surface area contributed by atoms with E-state index < -0.39 is 0 Å². The van der Waals surface area contributed by atoms with Gasteiger partial charge in [0.25, 0.3) is 0 Å². The van der Waals surface area contributed by atoms with Crippen molar-refractivity contribution in [2.75, 3.05) is 19.0 Å². The number of carbonyl (C=O) groups is 1. The summed E-state index contributed by atoms with van der Waals surface area (Å²) in [5.41, 5.74) is 1.81. The molecule has 1 aromatic rings. The fraction of sp³-hybridized carbons (Fsp3) is 0.571. The number of rotatable bonds is 5. The molecule has 1 aliphatic carbocycles. The van der Waals surface area contributed by atoms with Crippen molar-refractivity contribution in [1.82, 2.24) is 5.32 Å². The molecular weight excluding hydrogens is 292 g/mol. The van der Waals surface area contributed by atoms with Crippen LogP contribution in [0.15, 0.2) is 0 Å². The van der Waals surface area contributed by atoms with Gasteiger partial charge in [0.15, 0.2) is 5.11 Å². The SMILES string of the molecule is CCCCNC(=S)Nc1sc2c(c1C(=O)OC)CCC2. The molecule has 2 rings (SSSR count). The number of aryl methyl sites for hydroxylation is 1. The maximum absolute atomic E-state index is 12.0. The van der Waals surface area contributed by atoms with E-state index >= 15 is 0 Å². The number of methoxy groups -OCH3 is 1. The lowest BCUT2D eigenvalue weighted by Crippen LogP contribution is -2.29. The Bertz CT molecular complexity index is 512. The molecular formula is C14H20N2O2S2. The molecule has 20 heavy (non-hydrogen) atoms. The van der Waals surface area contributed by atoms with Crippen LogP contribution in [0.2, 0.25) is 0 Å². The van der Waals surface area contributed by atoms with Gasteiger partial charge in [-0.15, -0.1) is 11.3 Å². The number of hydrogen-bond acceptors (Lipinski definition) is 4. The highest BCUT2D eigenvalue weighted by Gasteiger charge is 2.27. The second-order valence-corrected chi connectivity index (χ2v) is 6.30. The smallest absolute Gasteiger partial charge is 0.341 e. The zero-order valence-electron chi connectivity index (χ0n) is 11.9. The minimum absolute atomic E-state index is 0.275. The molecule has 0 aliphatic heterocycles. The summed E-state index contributed by atoms with van der Waals surface area (Å²) in [7, 11) is 1.42. The fourth-order valence-corrected chi connectivity index (χ4v) is 3.89. The molecule has 110 valence electrons. The zero-order valence-corrected chi connectivity index (χ0v) is 13.5. The largest absolute Gasteiger partial charge is 0.465 e. The van der Waals surface area contributed by atoms with E-state index in [4.69, 9.17) is 17.0 Å². The van der Waals surface area contributed by atoms with Crippen molar-refractivity contribution in [1.29, 1.82) is 0 Å². The second-order valence-electron chi connectivity index (χ2n) is 4.79. The van der Waals surface area contributed by atoms with Gasteiger partial charge in [0, 0.05) is 11.4 Å². The van der Waals surface area contributed by atoms with Gasteiger partial charge in [-0.1, -0.05) is 13.3 Å². The first kappa shape index (κ1) is 15.3. The summed E-state index contributed by atoms with van der Waals surface area (Å²) in [6.07, 6.45) is 5.31. The van der Waals surface area contributed by atoms with E-state index in [0.29, 0.717) is 10.7 Å². The number of thiophene rings is 1. The Balaban J connectivity index is 2.11. The lowest BCUT2D eigenvalue weighted by atomic mass is 10.1. The van der Waals surface area contributed by atoms with Crippen LogP contribution in [0.5, 0.6) is 0 Å². The van der Waals surface area contributed by atoms with E-state index in [2.05, 4.69) is 17.6 Å². The summed E-state index contributed by atoms with van der Waals surface area (Å²) in [5.74, 6) is -0.275. The van der Waals surface area contributed by atoms with Crippen molar-refractivity contribution < 1.29 is 9.53 Å². The maximum Gasteiger partial charge on any atom is 0.341 e. The molecule has 0 saturated heterocycles. The number of ether oxygens (including phenoxy) is 1. The van der Waals surface area contributed by atoms with Gasteiger partial charge in [0.2, 0.25) is 0 Å². The van der Waals surface area contributed by atoms with Crippen LogP contribution in [0.25, 0.3) is 0 Å². The molecule has 2 N–H and O–H groups in total. The highest BCUT2D eigenvalue weighted by Crippen LogP contribution is 2.39. The second kappa shape index (κ2) is 7.04. The molecule has 1 aliphatic rings. The first-order valence-corrected chi connectivity index (χ1v) is 8.17. The molecule has 0 saturated carbocycles. The van der Waals surface area contributed by atoms with Crippen LogP contribution >= 0.6 is 23.6 Å². The predicted molar refractivity (Wildman–Crippen MR) is 86.8 cm³/mol. The van der Waals surface area contributed by atoms with E-state index in [9.17, 15) is 4.79 Å². The Morgan fingerprint density at radius 1 is 1.45 bits per heavy atom. The molecule has 0 unspecified atom stereocenters. The van der Waals surface area contributed by atoms with Gasteiger partial charge < -0.3 is 15.4 Å². The van der Waals surface area contributed by atoms with E-state index in [0.717, 1.165) is 49.2 Å². The van der Waals surface area contributed by atoms with Crippen molar-refractivity contribution in [2.24, 2.45) is 0 Å². The first-order valence-electron chi connectivity index (χ1n) is 6.95. The average Bonchev–Trinajstić information content (AvgIpc) is 2.98. The molecule has 0 amide bonds. The minimum atomic E-state index is -0.275. The van der Waals surface area contributed by atoms with E-state index in [1.807, 2.05) is 0 Å². The first-order chi connectivity index (χ1) is 9.67. The topological polar surface area (TPSA) is 50.4 Å². The van der Waals surface area contributed by atoms with Gasteiger partial charge in [-0.2, -0.15) is 0 Å². The van der Waals surface area contributed by atoms with Gasteiger partial charge in [0.1, 0.15) is 5.00 Å². The maximum atomic E-state index is 12.0. The molecule has 0 radical (unpaired) electrons. The van der Waals surface area contributed by atoms with E-state index in [1.165, 1.54) is 12.0 Å². The predicted octanol–water partition coefficient (Wildman–Crippen LogP) is 3.11. The number of unbranched alkanes of at least 4 members (excludes halogenated alkanes) is 1. The summed E-state index contributed by atoms with van der Waals surface area (Å²) >= 11 is 6.89. The molecule has 1 heterocycles. The molecule has 0 atom stereocenters. The Kier molecular flexibility index (Phi) is 5.37. The van der Waals surface area contributed by atoms with Crippen molar-refractivity contribution >= 4 is 39.6 Å². The normalized spacial score (nSPS) is 12.9. The third-order valence-corrected chi connectivity index (χ3v) is 4.81. The van der Waals surface area contributed by atoms with Gasteiger partial charge in [-0.3, -0.25) is 0 Å². The minimum Gasteiger partial charge on any atom is -0.465 e. The fourth-order valence-electron chi connectivity index (χ4n) is 2.34. The van der Waals surface area contributed by atoms with Crippen LogP contribution < -0.4 is 10.6 Å². The van der Waals surface area contributed by atoms with Gasteiger partial charge in [-0.25, -0.2) is 4.79 Å². The van der Waals surface area contributed by atoms with Gasteiger partial charge >= 0.3 is 5.97 Å². The monoisotopic (exact) mass is 312 g/mol. The van der Waals surface area contributed by atoms with Crippen molar-refractivity contribution in [2.45, 2.75) is 39.0 Å². The number of thiocarbonyl (C=S) groups is 1. The number of anilines is 1. The Labute approximate surface area is 128 Å². The molecule has 0 spiro atoms. The van der Waals surface area contributed by atoms with E-state index in [-0.39, 0.29) is 5.97 Å². The number of hydrogen-bond donors (Lipinski definition) is 2. The Morgan fingerprint density at radius 2 is 2.25 bits per heavy atom. The van der Waals surface area contributed by atoms with E-state index in [1.54, 1.807) is 11.3 Å². The van der Waals surface area contributed by atoms with Crippen LogP contribution in [0.4, 0.5) is 5.00 Å². The summed E-state index contributed by atoms with van der Waals surface area (Å²) in [5, 5.41) is 7.70. The molecule has 0 fully saturated rings. The van der Waals surface area contributed by atoms with Gasteiger partial charge in [0.05, 0.1) is 12.7 Å². The lowest BCUT2D eigenvalue weighted by molar-refractivity contribution is 0.0601. The molecule has 1 aromatic heterocycles. The number of carbonyl (C=O) groups excluding carboxylic acids is 1. The molecule has 6 heteroatoms. The summed E-state index contributed by atoms with van der Waals surface area (Å²) in [4.78, 5) is 13.3. The van der Waals surface area contributed by atoms with Crippen LogP contribution in [0.1, 0.15) is 47.0 Å². The Morgan fingerprint density at radius 3 is 2.95 bits per heavy atom. The van der Waals surface area contributed by atoms with Crippen molar-refractivity contribution in [3.05, 3.63) is 16.0 Å². The highest BCUT2D eigenvalue weighted by molar-refractivity contribution is 7.80. The van der Waals surface area contributed by atoms with Crippen LogP contribution in [-0.4, -0.2) is 24.7 Å².